The topological polar surface area (TPSA) is 80.1 Å². The summed E-state index contributed by atoms with van der Waals surface area (Å²) in [4.78, 5) is 14.6. The molecule has 0 saturated carbocycles. The van der Waals surface area contributed by atoms with Crippen LogP contribution in [0.3, 0.4) is 0 Å². The molecule has 2 aromatic rings. The van der Waals surface area contributed by atoms with Gasteiger partial charge in [-0.3, -0.25) is 10.1 Å². The van der Waals surface area contributed by atoms with E-state index in [4.69, 9.17) is 11.6 Å². The fraction of sp³-hybridized carbons (Fsp3) is 0.154. The number of aromatic nitrogens is 1. The van der Waals surface area contributed by atoms with Crippen LogP contribution in [0.2, 0.25) is 5.02 Å². The minimum Gasteiger partial charge on any atom is -0.370 e. The molecule has 1 heterocycles. The van der Waals surface area contributed by atoms with Gasteiger partial charge in [-0.05, 0) is 31.2 Å². The monoisotopic (exact) mass is 310 g/mol. The maximum atomic E-state index is 13.4. The van der Waals surface area contributed by atoms with Gasteiger partial charge in [-0.2, -0.15) is 0 Å². The molecule has 0 aliphatic heterocycles. The highest BCUT2D eigenvalue weighted by molar-refractivity contribution is 6.30. The lowest BCUT2D eigenvalue weighted by atomic mass is 10.3. The Hall–Kier alpha value is -2.41. The molecule has 0 unspecified atom stereocenters. The summed E-state index contributed by atoms with van der Waals surface area (Å²) < 4.78 is 13.4. The molecular formula is C13H12ClFN4O2. The summed E-state index contributed by atoms with van der Waals surface area (Å²) in [6, 6.07) is 6.86. The third-order valence-corrected chi connectivity index (χ3v) is 2.92. The molecule has 0 radical (unpaired) electrons. The van der Waals surface area contributed by atoms with Crippen molar-refractivity contribution in [3.05, 3.63) is 51.3 Å². The van der Waals surface area contributed by atoms with Gasteiger partial charge in [0.1, 0.15) is 11.6 Å². The van der Waals surface area contributed by atoms with Gasteiger partial charge in [0, 0.05) is 18.3 Å². The normalized spacial score (nSPS) is 10.2. The minimum absolute atomic E-state index is 0.0237. The van der Waals surface area contributed by atoms with Gasteiger partial charge < -0.3 is 10.6 Å². The molecule has 0 bridgehead atoms. The molecule has 2 N–H and O–H groups in total. The van der Waals surface area contributed by atoms with Gasteiger partial charge in [-0.25, -0.2) is 9.37 Å². The Morgan fingerprint density at radius 3 is 2.76 bits per heavy atom. The van der Waals surface area contributed by atoms with Crippen molar-refractivity contribution in [1.29, 1.82) is 0 Å². The van der Waals surface area contributed by atoms with Gasteiger partial charge in [-0.1, -0.05) is 11.6 Å². The van der Waals surface area contributed by atoms with E-state index < -0.39 is 10.7 Å². The van der Waals surface area contributed by atoms with Crippen LogP contribution in [-0.2, 0) is 0 Å². The van der Waals surface area contributed by atoms with Crippen LogP contribution >= 0.6 is 11.6 Å². The van der Waals surface area contributed by atoms with Crippen molar-refractivity contribution in [2.24, 2.45) is 0 Å². The van der Waals surface area contributed by atoms with Gasteiger partial charge in [0.2, 0.25) is 5.82 Å². The van der Waals surface area contributed by atoms with Crippen LogP contribution in [0, 0.1) is 15.9 Å². The van der Waals surface area contributed by atoms with Crippen molar-refractivity contribution < 1.29 is 9.31 Å². The molecule has 0 aliphatic rings. The van der Waals surface area contributed by atoms with Crippen LogP contribution in [0.5, 0.6) is 0 Å². The second kappa shape index (κ2) is 6.36. The molecule has 0 spiro atoms. The molecule has 0 fully saturated rings. The van der Waals surface area contributed by atoms with Crippen LogP contribution in [0.15, 0.2) is 30.3 Å². The second-order valence-corrected chi connectivity index (χ2v) is 4.51. The predicted octanol–water partition coefficient (Wildman–Crippen LogP) is 3.96. The lowest BCUT2D eigenvalue weighted by molar-refractivity contribution is -0.384. The number of hydrogen-bond donors (Lipinski definition) is 2. The number of nitro groups is 1. The van der Waals surface area contributed by atoms with Crippen molar-refractivity contribution in [3.63, 3.8) is 0 Å². The number of benzene rings is 1. The van der Waals surface area contributed by atoms with Crippen LogP contribution in [0.4, 0.5) is 27.4 Å². The van der Waals surface area contributed by atoms with Crippen LogP contribution in [0.25, 0.3) is 0 Å². The molecule has 2 rings (SSSR count). The number of pyridine rings is 1. The van der Waals surface area contributed by atoms with Crippen molar-refractivity contribution in [1.82, 2.24) is 4.98 Å². The zero-order valence-electron chi connectivity index (χ0n) is 11.1. The number of nitrogens with zero attached hydrogens (tertiary/aromatic N) is 2. The van der Waals surface area contributed by atoms with E-state index >= 15 is 0 Å². The largest absolute Gasteiger partial charge is 0.370 e. The lowest BCUT2D eigenvalue weighted by Crippen LogP contribution is -2.04. The standard InChI is InChI=1S/C13H12ClFN4O2/c1-2-16-12-6-5-11(19(20)21)13(18-12)17-8-3-4-9(14)10(15)7-8/h3-7H,2H2,1H3,(H2,16,17,18). The highest BCUT2D eigenvalue weighted by atomic mass is 35.5. The van der Waals surface area contributed by atoms with E-state index in [-0.39, 0.29) is 16.5 Å². The first kappa shape index (κ1) is 15.0. The van der Waals surface area contributed by atoms with Crippen molar-refractivity contribution in [2.75, 3.05) is 17.2 Å². The van der Waals surface area contributed by atoms with Gasteiger partial charge in [0.05, 0.1) is 9.95 Å². The first-order chi connectivity index (χ1) is 10.0. The zero-order valence-corrected chi connectivity index (χ0v) is 11.8. The number of anilines is 3. The van der Waals surface area contributed by atoms with Crippen molar-refractivity contribution >= 4 is 34.6 Å². The smallest absolute Gasteiger partial charge is 0.311 e. The molecular weight excluding hydrogens is 299 g/mol. The predicted molar refractivity (Wildman–Crippen MR) is 79.7 cm³/mol. The van der Waals surface area contributed by atoms with E-state index in [1.165, 1.54) is 24.3 Å². The van der Waals surface area contributed by atoms with Gasteiger partial charge in [0.25, 0.3) is 0 Å². The first-order valence-electron chi connectivity index (χ1n) is 6.12. The van der Waals surface area contributed by atoms with E-state index in [0.29, 0.717) is 18.1 Å². The van der Waals surface area contributed by atoms with Crippen molar-refractivity contribution in [3.8, 4) is 0 Å². The van der Waals surface area contributed by atoms with E-state index in [1.54, 1.807) is 0 Å². The Bertz CT molecular complexity index is 681. The summed E-state index contributed by atoms with van der Waals surface area (Å²) in [7, 11) is 0. The highest BCUT2D eigenvalue weighted by Crippen LogP contribution is 2.28. The Morgan fingerprint density at radius 2 is 2.14 bits per heavy atom. The summed E-state index contributed by atoms with van der Waals surface area (Å²) >= 11 is 5.60. The highest BCUT2D eigenvalue weighted by Gasteiger charge is 2.16. The SMILES string of the molecule is CCNc1ccc([N+](=O)[O-])c(Nc2ccc(Cl)c(F)c2)n1. The molecule has 1 aromatic heterocycles. The fourth-order valence-corrected chi connectivity index (χ4v) is 1.80. The van der Waals surface area contributed by atoms with E-state index in [9.17, 15) is 14.5 Å². The third kappa shape index (κ3) is 3.57. The molecule has 0 aliphatic carbocycles. The molecule has 21 heavy (non-hydrogen) atoms. The van der Waals surface area contributed by atoms with E-state index in [2.05, 4.69) is 15.6 Å². The Morgan fingerprint density at radius 1 is 1.38 bits per heavy atom. The summed E-state index contributed by atoms with van der Waals surface area (Å²) in [6.07, 6.45) is 0. The number of halogens is 2. The maximum absolute atomic E-state index is 13.4. The Balaban J connectivity index is 2.37. The van der Waals surface area contributed by atoms with Crippen LogP contribution in [0.1, 0.15) is 6.92 Å². The number of hydrogen-bond acceptors (Lipinski definition) is 5. The van der Waals surface area contributed by atoms with Crippen LogP contribution < -0.4 is 10.6 Å². The fourth-order valence-electron chi connectivity index (χ4n) is 1.68. The minimum atomic E-state index is -0.618. The van der Waals surface area contributed by atoms with Crippen molar-refractivity contribution in [2.45, 2.75) is 6.92 Å². The molecule has 0 amide bonds. The second-order valence-electron chi connectivity index (χ2n) is 4.11. The van der Waals surface area contributed by atoms with E-state index in [0.717, 1.165) is 6.07 Å². The molecule has 8 heteroatoms. The number of rotatable bonds is 5. The molecule has 1 aromatic carbocycles. The quantitative estimate of drug-likeness (QED) is 0.645. The maximum Gasteiger partial charge on any atom is 0.311 e. The lowest BCUT2D eigenvalue weighted by Gasteiger charge is -2.09. The third-order valence-electron chi connectivity index (χ3n) is 2.61. The van der Waals surface area contributed by atoms with E-state index in [1.807, 2.05) is 6.92 Å². The summed E-state index contributed by atoms with van der Waals surface area (Å²) in [6.45, 7) is 2.50. The molecule has 110 valence electrons. The summed E-state index contributed by atoms with van der Waals surface area (Å²) in [5.41, 5.74) is 0.119. The summed E-state index contributed by atoms with van der Waals surface area (Å²) in [5.74, 6) is -0.104. The zero-order chi connectivity index (χ0) is 15.4. The van der Waals surface area contributed by atoms with Gasteiger partial charge in [-0.15, -0.1) is 0 Å². The average molecular weight is 311 g/mol. The van der Waals surface area contributed by atoms with Gasteiger partial charge >= 0.3 is 5.69 Å². The van der Waals surface area contributed by atoms with Gasteiger partial charge in [0.15, 0.2) is 0 Å². The molecule has 6 nitrogen and oxygen atoms in total. The molecule has 0 saturated heterocycles. The Kier molecular flexibility index (Phi) is 4.54. The molecule has 0 atom stereocenters. The first-order valence-corrected chi connectivity index (χ1v) is 6.50. The Labute approximate surface area is 125 Å². The number of nitrogens with one attached hydrogen (secondary N) is 2. The van der Waals surface area contributed by atoms with Crippen LogP contribution in [-0.4, -0.2) is 16.5 Å². The summed E-state index contributed by atoms with van der Waals surface area (Å²) in [5, 5.41) is 16.7. The average Bonchev–Trinajstić information content (AvgIpc) is 2.43.